The topological polar surface area (TPSA) is 0 Å². The van der Waals surface area contributed by atoms with Gasteiger partial charge in [0.2, 0.25) is 0 Å². The fourth-order valence-electron chi connectivity index (χ4n) is 0.901. The summed E-state index contributed by atoms with van der Waals surface area (Å²) in [4.78, 5) is 0. The van der Waals surface area contributed by atoms with Crippen LogP contribution in [0.1, 0.15) is 0 Å². The first-order valence-electron chi connectivity index (χ1n) is 3.61. The highest BCUT2D eigenvalue weighted by molar-refractivity contribution is 6.18. The van der Waals surface area contributed by atoms with Gasteiger partial charge in [0.25, 0.3) is 0 Å². The van der Waals surface area contributed by atoms with Crippen molar-refractivity contribution in [1.82, 2.24) is 4.48 Å². The number of para-hydroxylation sites is 1. The van der Waals surface area contributed by atoms with Crippen LogP contribution in [0.25, 0.3) is 0 Å². The minimum atomic E-state index is 0. The molecule has 0 aromatic heterocycles. The average Bonchev–Trinajstić information content (AvgIpc) is 2.06. The summed E-state index contributed by atoms with van der Waals surface area (Å²) >= 11 is 5.80. The van der Waals surface area contributed by atoms with Crippen LogP contribution in [0.4, 0.5) is 5.69 Å². The molecule has 0 saturated heterocycles. The lowest BCUT2D eigenvalue weighted by Crippen LogP contribution is -3.00. The van der Waals surface area contributed by atoms with E-state index >= 15 is 0 Å². The third-order valence-electron chi connectivity index (χ3n) is 1.75. The van der Waals surface area contributed by atoms with Crippen molar-refractivity contribution in [2.75, 3.05) is 20.1 Å². The predicted octanol–water partition coefficient (Wildman–Crippen LogP) is -0.546. The van der Waals surface area contributed by atoms with E-state index in [4.69, 9.17) is 11.6 Å². The predicted molar refractivity (Wildman–Crippen MR) is 50.8 cm³/mol. The Kier molecular flexibility index (Phi) is 4.83. The second-order valence-corrected chi connectivity index (χ2v) is 3.38. The highest BCUT2D eigenvalue weighted by atomic mass is 79.9. The maximum Gasteiger partial charge on any atom is 0.159 e. The summed E-state index contributed by atoms with van der Waals surface area (Å²) < 4.78 is 0.725. The number of rotatable bonds is 2. The molecule has 0 saturated carbocycles. The molecule has 1 nitrogen and oxygen atoms in total. The molecule has 1 rings (SSSR count). The smallest absolute Gasteiger partial charge is 0.159 e. The Morgan fingerprint density at radius 2 is 1.67 bits per heavy atom. The second kappa shape index (κ2) is 4.85. The van der Waals surface area contributed by atoms with E-state index < -0.39 is 0 Å². The van der Waals surface area contributed by atoms with Gasteiger partial charge in [-0.1, -0.05) is 29.8 Å². The lowest BCUT2D eigenvalue weighted by atomic mass is 10.3. The van der Waals surface area contributed by atoms with Crippen molar-refractivity contribution >= 4 is 17.3 Å². The lowest BCUT2D eigenvalue weighted by Gasteiger charge is -2.25. The first-order chi connectivity index (χ1) is 5.17. The van der Waals surface area contributed by atoms with E-state index in [-0.39, 0.29) is 17.0 Å². The van der Waals surface area contributed by atoms with Crippen LogP contribution in [-0.4, -0.2) is 20.1 Å². The molecule has 0 spiro atoms. The second-order valence-electron chi connectivity index (χ2n) is 3.14. The average molecular weight is 251 g/mol. The largest absolute Gasteiger partial charge is 1.00 e. The number of quaternary nitrogens is 1. The number of halogens is 2. The summed E-state index contributed by atoms with van der Waals surface area (Å²) in [5.74, 6) is 0. The van der Waals surface area contributed by atoms with Crippen LogP contribution in [0.5, 0.6) is 0 Å². The Labute approximate surface area is 89.3 Å². The number of benzene rings is 1. The highest BCUT2D eigenvalue weighted by Gasteiger charge is 2.15. The summed E-state index contributed by atoms with van der Waals surface area (Å²) in [5.41, 5.74) is 1.24. The van der Waals surface area contributed by atoms with Gasteiger partial charge >= 0.3 is 0 Å². The van der Waals surface area contributed by atoms with Crippen molar-refractivity contribution in [3.63, 3.8) is 0 Å². The number of alkyl halides is 1. The zero-order chi connectivity index (χ0) is 8.32. The van der Waals surface area contributed by atoms with Crippen LogP contribution in [-0.2, 0) is 0 Å². The van der Waals surface area contributed by atoms with Gasteiger partial charge in [0.05, 0.1) is 14.1 Å². The Balaban J connectivity index is 0.00000121. The van der Waals surface area contributed by atoms with E-state index in [1.54, 1.807) is 0 Å². The van der Waals surface area contributed by atoms with Gasteiger partial charge in [-0.2, -0.15) is 0 Å². The van der Waals surface area contributed by atoms with Gasteiger partial charge in [-0.15, -0.1) is 0 Å². The fraction of sp³-hybridized carbons (Fsp3) is 0.333. The molecule has 0 fully saturated rings. The normalized spacial score (nSPS) is 10.6. The summed E-state index contributed by atoms with van der Waals surface area (Å²) in [6, 6.07) is 10.8. The van der Waals surface area contributed by atoms with Crippen molar-refractivity contribution in [3.8, 4) is 0 Å². The van der Waals surface area contributed by atoms with Crippen molar-refractivity contribution in [3.05, 3.63) is 30.3 Å². The SMILES string of the molecule is C[N+](C)(CCl)c1ccccc1.[Br-]. The first-order valence-corrected chi connectivity index (χ1v) is 4.15. The molecule has 0 aliphatic carbocycles. The molecule has 0 radical (unpaired) electrons. The Hall–Kier alpha value is -0.0500. The van der Waals surface area contributed by atoms with Crippen molar-refractivity contribution in [2.24, 2.45) is 0 Å². The standard InChI is InChI=1S/C9H13ClN.BrH/c1-11(2,8-10)9-6-4-3-5-7-9;/h3-7H,8H2,1-2H3;1H/q+1;/p-1. The fourth-order valence-corrected chi connectivity index (χ4v) is 1.04. The van der Waals surface area contributed by atoms with E-state index in [1.807, 2.05) is 18.2 Å². The summed E-state index contributed by atoms with van der Waals surface area (Å²) in [7, 11) is 4.17. The minimum absolute atomic E-state index is 0. The zero-order valence-electron chi connectivity index (χ0n) is 7.30. The molecule has 0 amide bonds. The van der Waals surface area contributed by atoms with E-state index in [0.717, 1.165) is 4.48 Å². The maximum absolute atomic E-state index is 5.80. The number of nitrogens with zero attached hydrogens (tertiary/aromatic N) is 1. The molecule has 3 heteroatoms. The molecule has 1 aromatic rings. The first kappa shape index (κ1) is 11.9. The lowest BCUT2D eigenvalue weighted by molar-refractivity contribution is -0.00000240. The molecule has 0 unspecified atom stereocenters. The van der Waals surface area contributed by atoms with Crippen LogP contribution < -0.4 is 21.5 Å². The molecule has 0 aliphatic rings. The third-order valence-corrected chi connectivity index (χ3v) is 2.35. The van der Waals surface area contributed by atoms with Gasteiger partial charge in [-0.05, 0) is 12.1 Å². The van der Waals surface area contributed by atoms with Gasteiger partial charge in [-0.25, -0.2) is 0 Å². The van der Waals surface area contributed by atoms with Crippen molar-refractivity contribution < 1.29 is 17.0 Å². The molecule has 12 heavy (non-hydrogen) atoms. The molecule has 0 aliphatic heterocycles. The van der Waals surface area contributed by atoms with Crippen molar-refractivity contribution in [2.45, 2.75) is 0 Å². The molecular weight excluding hydrogens is 237 g/mol. The number of hydrogen-bond donors (Lipinski definition) is 0. The molecule has 0 atom stereocenters. The van der Waals surface area contributed by atoms with Gasteiger partial charge in [-0.3, -0.25) is 4.48 Å². The van der Waals surface area contributed by atoms with Gasteiger partial charge in [0.1, 0.15) is 5.69 Å². The molecule has 1 aromatic carbocycles. The molecule has 0 N–H and O–H groups in total. The number of hydrogen-bond acceptors (Lipinski definition) is 0. The summed E-state index contributed by atoms with van der Waals surface area (Å²) in [6.45, 7) is 0. The van der Waals surface area contributed by atoms with Crippen LogP contribution in [0, 0.1) is 0 Å². The van der Waals surface area contributed by atoms with Gasteiger partial charge < -0.3 is 17.0 Å². The molecular formula is C9H13BrClN. The van der Waals surface area contributed by atoms with E-state index in [1.165, 1.54) is 5.69 Å². The quantitative estimate of drug-likeness (QED) is 0.376. The Morgan fingerprint density at radius 3 is 2.08 bits per heavy atom. The van der Waals surface area contributed by atoms with Crippen molar-refractivity contribution in [1.29, 1.82) is 0 Å². The van der Waals surface area contributed by atoms with E-state index in [0.29, 0.717) is 6.00 Å². The molecule has 68 valence electrons. The third kappa shape index (κ3) is 2.77. The van der Waals surface area contributed by atoms with Crippen LogP contribution in [0.3, 0.4) is 0 Å². The van der Waals surface area contributed by atoms with E-state index in [9.17, 15) is 0 Å². The summed E-state index contributed by atoms with van der Waals surface area (Å²) in [5, 5.41) is 0. The molecule has 0 heterocycles. The van der Waals surface area contributed by atoms with E-state index in [2.05, 4.69) is 26.2 Å². The Morgan fingerprint density at radius 1 is 1.17 bits per heavy atom. The zero-order valence-corrected chi connectivity index (χ0v) is 9.64. The van der Waals surface area contributed by atoms with Crippen LogP contribution in [0.2, 0.25) is 0 Å². The highest BCUT2D eigenvalue weighted by Crippen LogP contribution is 2.17. The van der Waals surface area contributed by atoms with Gasteiger partial charge in [0.15, 0.2) is 6.00 Å². The monoisotopic (exact) mass is 249 g/mol. The Bertz CT molecular complexity index is 223. The maximum atomic E-state index is 5.80. The van der Waals surface area contributed by atoms with Crippen LogP contribution >= 0.6 is 11.6 Å². The minimum Gasteiger partial charge on any atom is -1.00 e. The summed E-state index contributed by atoms with van der Waals surface area (Å²) in [6.07, 6.45) is 0. The van der Waals surface area contributed by atoms with Crippen LogP contribution in [0.15, 0.2) is 30.3 Å². The molecule has 0 bridgehead atoms. The van der Waals surface area contributed by atoms with Gasteiger partial charge in [0, 0.05) is 0 Å².